The lowest BCUT2D eigenvalue weighted by Crippen LogP contribution is -2.31. The second-order valence-electron chi connectivity index (χ2n) is 4.80. The molecule has 0 bridgehead atoms. The highest BCUT2D eigenvalue weighted by atomic mass is 19.2. The number of nitrogens with one attached hydrogen (secondary N) is 1. The van der Waals surface area contributed by atoms with E-state index in [2.05, 4.69) is 0 Å². The van der Waals surface area contributed by atoms with E-state index in [0.717, 1.165) is 6.07 Å². The van der Waals surface area contributed by atoms with Gasteiger partial charge < -0.3 is 10.5 Å². The topological polar surface area (TPSA) is 59.1 Å². The number of hydrogen-bond acceptors (Lipinski definition) is 2. The van der Waals surface area contributed by atoms with Crippen LogP contribution in [-0.4, -0.2) is 12.4 Å². The fraction of sp³-hybridized carbons (Fsp3) is 0.462. The van der Waals surface area contributed by atoms with Crippen molar-refractivity contribution in [3.8, 4) is 5.75 Å². The first-order valence-corrected chi connectivity index (χ1v) is 5.76. The smallest absolute Gasteiger partial charge is 0.200 e. The predicted octanol–water partition coefficient (Wildman–Crippen LogP) is 3.09. The highest BCUT2D eigenvalue weighted by molar-refractivity contribution is 5.82. The van der Waals surface area contributed by atoms with E-state index in [-0.39, 0.29) is 18.2 Å². The highest BCUT2D eigenvalue weighted by Crippen LogP contribution is 2.23. The monoisotopic (exact) mass is 256 g/mol. The van der Waals surface area contributed by atoms with Gasteiger partial charge in [0.25, 0.3) is 0 Å². The van der Waals surface area contributed by atoms with Crippen molar-refractivity contribution in [1.29, 1.82) is 5.41 Å². The summed E-state index contributed by atoms with van der Waals surface area (Å²) >= 11 is 0. The number of halogens is 2. The third kappa shape index (κ3) is 3.68. The number of amidine groups is 1. The van der Waals surface area contributed by atoms with Crippen LogP contribution in [0.3, 0.4) is 0 Å². The maximum atomic E-state index is 13.2. The lowest BCUT2D eigenvalue weighted by atomic mass is 9.87. The average Bonchev–Trinajstić information content (AvgIpc) is 2.29. The number of nitrogens with two attached hydrogens (primary N) is 1. The Hall–Kier alpha value is -1.65. The first kappa shape index (κ1) is 14.4. The van der Waals surface area contributed by atoms with Gasteiger partial charge in [-0.05, 0) is 25.0 Å². The molecule has 0 saturated carbocycles. The molecular formula is C13H18F2N2O. The molecule has 0 aliphatic carbocycles. The first-order valence-electron chi connectivity index (χ1n) is 5.76. The van der Waals surface area contributed by atoms with Crippen molar-refractivity contribution in [1.82, 2.24) is 0 Å². The van der Waals surface area contributed by atoms with Crippen molar-refractivity contribution in [3.05, 3.63) is 29.8 Å². The van der Waals surface area contributed by atoms with Crippen molar-refractivity contribution >= 4 is 5.84 Å². The van der Waals surface area contributed by atoms with E-state index in [0.29, 0.717) is 12.8 Å². The molecule has 0 spiro atoms. The zero-order valence-corrected chi connectivity index (χ0v) is 10.6. The van der Waals surface area contributed by atoms with Gasteiger partial charge in [-0.3, -0.25) is 5.41 Å². The van der Waals surface area contributed by atoms with Crippen LogP contribution >= 0.6 is 0 Å². The fourth-order valence-electron chi connectivity index (χ4n) is 1.43. The van der Waals surface area contributed by atoms with Gasteiger partial charge >= 0.3 is 0 Å². The second-order valence-corrected chi connectivity index (χ2v) is 4.80. The predicted molar refractivity (Wildman–Crippen MR) is 66.8 cm³/mol. The summed E-state index contributed by atoms with van der Waals surface area (Å²) in [6, 6.07) is 3.82. The molecule has 0 radical (unpaired) electrons. The van der Waals surface area contributed by atoms with E-state index < -0.39 is 17.0 Å². The highest BCUT2D eigenvalue weighted by Gasteiger charge is 2.21. The van der Waals surface area contributed by atoms with Crippen LogP contribution < -0.4 is 10.5 Å². The molecule has 1 aromatic carbocycles. The minimum atomic E-state index is -0.969. The maximum absolute atomic E-state index is 13.2. The summed E-state index contributed by atoms with van der Waals surface area (Å²) in [4.78, 5) is 0. The van der Waals surface area contributed by atoms with Crippen LogP contribution in [0.4, 0.5) is 8.78 Å². The van der Waals surface area contributed by atoms with Gasteiger partial charge in [0, 0.05) is 5.41 Å². The van der Waals surface area contributed by atoms with Gasteiger partial charge in [0.2, 0.25) is 5.82 Å². The number of ether oxygens (including phenoxy) is 1. The number of hydrogen-bond donors (Lipinski definition) is 2. The molecule has 5 heteroatoms. The second kappa shape index (κ2) is 5.80. The Bertz CT molecular complexity index is 433. The van der Waals surface area contributed by atoms with E-state index in [1.54, 1.807) is 0 Å². The molecule has 0 amide bonds. The molecule has 3 nitrogen and oxygen atoms in total. The Morgan fingerprint density at radius 2 is 2.06 bits per heavy atom. The Balaban J connectivity index is 2.43. The molecule has 3 N–H and O–H groups in total. The molecule has 0 unspecified atom stereocenters. The van der Waals surface area contributed by atoms with Gasteiger partial charge in [0.15, 0.2) is 11.6 Å². The van der Waals surface area contributed by atoms with Gasteiger partial charge in [0.1, 0.15) is 0 Å². The summed E-state index contributed by atoms with van der Waals surface area (Å²) in [5.74, 6) is -1.87. The van der Waals surface area contributed by atoms with Crippen LogP contribution in [0.15, 0.2) is 18.2 Å². The van der Waals surface area contributed by atoms with E-state index in [1.165, 1.54) is 12.1 Å². The van der Waals surface area contributed by atoms with E-state index in [1.807, 2.05) is 13.8 Å². The summed E-state index contributed by atoms with van der Waals surface area (Å²) in [6.07, 6.45) is 1.27. The summed E-state index contributed by atoms with van der Waals surface area (Å²) < 4.78 is 31.3. The zero-order valence-electron chi connectivity index (χ0n) is 10.6. The molecule has 0 fully saturated rings. The summed E-state index contributed by atoms with van der Waals surface area (Å²) in [5.41, 5.74) is 5.04. The molecule has 0 heterocycles. The van der Waals surface area contributed by atoms with Crippen molar-refractivity contribution in [2.45, 2.75) is 26.7 Å². The van der Waals surface area contributed by atoms with Crippen LogP contribution in [0.5, 0.6) is 5.75 Å². The van der Waals surface area contributed by atoms with Crippen molar-refractivity contribution < 1.29 is 13.5 Å². The van der Waals surface area contributed by atoms with Crippen LogP contribution in [0.25, 0.3) is 0 Å². The van der Waals surface area contributed by atoms with Gasteiger partial charge in [-0.1, -0.05) is 19.9 Å². The molecule has 1 rings (SSSR count). The molecule has 1 aromatic rings. The SMILES string of the molecule is CC(C)(CCCOc1cccc(F)c1F)C(=N)N. The van der Waals surface area contributed by atoms with Crippen LogP contribution in [-0.2, 0) is 0 Å². The Morgan fingerprint density at radius 1 is 1.39 bits per heavy atom. The largest absolute Gasteiger partial charge is 0.490 e. The minimum Gasteiger partial charge on any atom is -0.490 e. The summed E-state index contributed by atoms with van der Waals surface area (Å²) in [7, 11) is 0. The van der Waals surface area contributed by atoms with E-state index in [9.17, 15) is 8.78 Å². The third-order valence-corrected chi connectivity index (χ3v) is 2.85. The fourth-order valence-corrected chi connectivity index (χ4v) is 1.43. The molecule has 100 valence electrons. The molecule has 0 aromatic heterocycles. The normalized spacial score (nSPS) is 11.3. The number of rotatable bonds is 6. The lowest BCUT2D eigenvalue weighted by molar-refractivity contribution is 0.271. The van der Waals surface area contributed by atoms with Crippen molar-refractivity contribution in [2.75, 3.05) is 6.61 Å². The van der Waals surface area contributed by atoms with Crippen LogP contribution in [0.1, 0.15) is 26.7 Å². The van der Waals surface area contributed by atoms with E-state index in [4.69, 9.17) is 15.9 Å². The standard InChI is InChI=1S/C13H18F2N2O/c1-13(2,12(16)17)7-4-8-18-10-6-3-5-9(14)11(10)15/h3,5-6H,4,7-8H2,1-2H3,(H3,16,17). The molecule has 0 aliphatic rings. The van der Waals surface area contributed by atoms with Crippen LogP contribution in [0.2, 0.25) is 0 Å². The Kier molecular flexibility index (Phi) is 4.64. The zero-order chi connectivity index (χ0) is 13.8. The van der Waals surface area contributed by atoms with Gasteiger partial charge in [0.05, 0.1) is 12.4 Å². The van der Waals surface area contributed by atoms with Crippen molar-refractivity contribution in [3.63, 3.8) is 0 Å². The first-order chi connectivity index (χ1) is 8.34. The molecule has 0 atom stereocenters. The molecule has 0 saturated heterocycles. The average molecular weight is 256 g/mol. The van der Waals surface area contributed by atoms with Crippen molar-refractivity contribution in [2.24, 2.45) is 11.1 Å². The van der Waals surface area contributed by atoms with Gasteiger partial charge in [-0.2, -0.15) is 4.39 Å². The van der Waals surface area contributed by atoms with Gasteiger partial charge in [-0.15, -0.1) is 0 Å². The summed E-state index contributed by atoms with van der Waals surface area (Å²) in [6.45, 7) is 3.98. The van der Waals surface area contributed by atoms with Gasteiger partial charge in [-0.25, -0.2) is 4.39 Å². The Labute approximate surface area is 105 Å². The lowest BCUT2D eigenvalue weighted by Gasteiger charge is -2.22. The summed E-state index contributed by atoms with van der Waals surface area (Å²) in [5, 5.41) is 7.39. The Morgan fingerprint density at radius 3 is 2.67 bits per heavy atom. The maximum Gasteiger partial charge on any atom is 0.200 e. The molecule has 0 aliphatic heterocycles. The molecule has 18 heavy (non-hydrogen) atoms. The quantitative estimate of drug-likeness (QED) is 0.467. The molecular weight excluding hydrogens is 238 g/mol. The minimum absolute atomic E-state index is 0.0874. The van der Waals surface area contributed by atoms with E-state index >= 15 is 0 Å². The number of benzene rings is 1. The van der Waals surface area contributed by atoms with Crippen LogP contribution in [0, 0.1) is 22.5 Å². The third-order valence-electron chi connectivity index (χ3n) is 2.85.